The smallest absolute Gasteiger partial charge is 0.264 e. The Morgan fingerprint density at radius 2 is 1.96 bits per heavy atom. The third-order valence-corrected chi connectivity index (χ3v) is 4.16. The molecule has 7 nitrogen and oxygen atoms in total. The van der Waals surface area contributed by atoms with Crippen molar-refractivity contribution < 1.29 is 9.26 Å². The Morgan fingerprint density at radius 1 is 1.12 bits per heavy atom. The average molecular weight is 325 g/mol. The lowest BCUT2D eigenvalue weighted by atomic mass is 10.1. The van der Waals surface area contributed by atoms with Crippen LogP contribution in [0.2, 0.25) is 0 Å². The number of hydrogen-bond acceptors (Lipinski definition) is 6. The van der Waals surface area contributed by atoms with Crippen molar-refractivity contribution in [2.24, 2.45) is 0 Å². The molecule has 1 aliphatic heterocycles. The zero-order valence-corrected chi connectivity index (χ0v) is 13.3. The van der Waals surface area contributed by atoms with Crippen LogP contribution in [0.3, 0.4) is 0 Å². The van der Waals surface area contributed by atoms with Gasteiger partial charge in [0.2, 0.25) is 0 Å². The van der Waals surface area contributed by atoms with E-state index in [0.29, 0.717) is 24.4 Å². The van der Waals surface area contributed by atoms with Gasteiger partial charge in [0.05, 0.1) is 18.3 Å². The van der Waals surface area contributed by atoms with Gasteiger partial charge in [0.15, 0.2) is 0 Å². The van der Waals surface area contributed by atoms with Gasteiger partial charge in [-0.2, -0.15) is 10.1 Å². The maximum Gasteiger partial charge on any atom is 0.264 e. The van der Waals surface area contributed by atoms with E-state index in [1.54, 1.807) is 0 Å². The standard InChI is InChI=1S/C17H19N5O2/c1-2-4-13(5-3-1)16-20-17(21-24-16)18-12-15-6-9-19-22(15)14-7-10-23-11-8-14/h1-6,9,14H,7-8,10-12H2,(H,18,21). The molecule has 124 valence electrons. The topological polar surface area (TPSA) is 78.0 Å². The van der Waals surface area contributed by atoms with Gasteiger partial charge in [-0.15, -0.1) is 0 Å². The van der Waals surface area contributed by atoms with E-state index in [0.717, 1.165) is 37.3 Å². The predicted molar refractivity (Wildman–Crippen MR) is 88.4 cm³/mol. The summed E-state index contributed by atoms with van der Waals surface area (Å²) < 4.78 is 12.8. The molecule has 0 saturated carbocycles. The SMILES string of the molecule is c1ccc(-c2nc(NCc3ccnn3C3CCOCC3)no2)cc1. The highest BCUT2D eigenvalue weighted by Crippen LogP contribution is 2.22. The summed E-state index contributed by atoms with van der Waals surface area (Å²) in [7, 11) is 0. The summed E-state index contributed by atoms with van der Waals surface area (Å²) in [6.45, 7) is 2.19. The lowest BCUT2D eigenvalue weighted by Crippen LogP contribution is -2.22. The Hall–Kier alpha value is -2.67. The largest absolute Gasteiger partial charge is 0.381 e. The van der Waals surface area contributed by atoms with E-state index in [-0.39, 0.29) is 0 Å². The number of ether oxygens (including phenoxy) is 1. The van der Waals surface area contributed by atoms with Crippen molar-refractivity contribution in [3.05, 3.63) is 48.3 Å². The number of anilines is 1. The van der Waals surface area contributed by atoms with E-state index < -0.39 is 0 Å². The molecular formula is C17H19N5O2. The van der Waals surface area contributed by atoms with Crippen molar-refractivity contribution in [1.82, 2.24) is 19.9 Å². The third-order valence-electron chi connectivity index (χ3n) is 4.16. The van der Waals surface area contributed by atoms with Crippen LogP contribution < -0.4 is 5.32 Å². The molecule has 1 fully saturated rings. The highest BCUT2D eigenvalue weighted by atomic mass is 16.5. The highest BCUT2D eigenvalue weighted by Gasteiger charge is 2.18. The Labute approximate surface area is 139 Å². The molecule has 1 aromatic carbocycles. The fraction of sp³-hybridized carbons (Fsp3) is 0.353. The zero-order chi connectivity index (χ0) is 16.2. The van der Waals surface area contributed by atoms with Gasteiger partial charge in [0.1, 0.15) is 0 Å². The molecule has 1 N–H and O–H groups in total. The molecule has 1 aliphatic rings. The molecule has 4 rings (SSSR count). The summed E-state index contributed by atoms with van der Waals surface area (Å²) in [6.07, 6.45) is 3.82. The first-order chi connectivity index (χ1) is 11.9. The Kier molecular flexibility index (Phi) is 4.24. The van der Waals surface area contributed by atoms with E-state index in [2.05, 4.69) is 25.2 Å². The summed E-state index contributed by atoms with van der Waals surface area (Å²) in [4.78, 5) is 4.38. The first-order valence-electron chi connectivity index (χ1n) is 8.13. The second kappa shape index (κ2) is 6.84. The number of nitrogens with one attached hydrogen (secondary N) is 1. The highest BCUT2D eigenvalue weighted by molar-refractivity contribution is 5.53. The Balaban J connectivity index is 1.43. The van der Waals surface area contributed by atoms with Crippen LogP contribution in [-0.2, 0) is 11.3 Å². The molecule has 0 atom stereocenters. The maximum atomic E-state index is 5.42. The molecule has 7 heteroatoms. The third kappa shape index (κ3) is 3.16. The lowest BCUT2D eigenvalue weighted by molar-refractivity contribution is 0.0655. The predicted octanol–water partition coefficient (Wildman–Crippen LogP) is 2.90. The maximum absolute atomic E-state index is 5.42. The van der Waals surface area contributed by atoms with Gasteiger partial charge < -0.3 is 14.6 Å². The van der Waals surface area contributed by atoms with E-state index >= 15 is 0 Å². The summed E-state index contributed by atoms with van der Waals surface area (Å²) in [5.74, 6) is 0.990. The molecule has 3 aromatic rings. The van der Waals surface area contributed by atoms with E-state index in [1.165, 1.54) is 0 Å². The summed E-state index contributed by atoms with van der Waals surface area (Å²) >= 11 is 0. The quantitative estimate of drug-likeness (QED) is 0.777. The number of aromatic nitrogens is 4. The summed E-state index contributed by atoms with van der Waals surface area (Å²) in [6, 6.07) is 12.1. The molecular weight excluding hydrogens is 306 g/mol. The van der Waals surface area contributed by atoms with Crippen LogP contribution in [0, 0.1) is 0 Å². The second-order valence-electron chi connectivity index (χ2n) is 5.75. The summed E-state index contributed by atoms with van der Waals surface area (Å²) in [5.41, 5.74) is 2.01. The number of nitrogens with zero attached hydrogens (tertiary/aromatic N) is 4. The van der Waals surface area contributed by atoms with Gasteiger partial charge in [-0.25, -0.2) is 0 Å². The molecule has 0 aliphatic carbocycles. The normalized spacial score (nSPS) is 15.5. The molecule has 0 unspecified atom stereocenters. The van der Waals surface area contributed by atoms with Gasteiger partial charge in [0, 0.05) is 25.0 Å². The van der Waals surface area contributed by atoms with Crippen LogP contribution in [0.1, 0.15) is 24.6 Å². The van der Waals surface area contributed by atoms with Gasteiger partial charge in [-0.05, 0) is 36.2 Å². The average Bonchev–Trinajstić information content (AvgIpc) is 3.31. The molecule has 0 bridgehead atoms. The van der Waals surface area contributed by atoms with E-state index in [4.69, 9.17) is 9.26 Å². The minimum atomic E-state index is 0.399. The van der Waals surface area contributed by atoms with Crippen LogP contribution >= 0.6 is 0 Å². The number of benzene rings is 1. The van der Waals surface area contributed by atoms with Gasteiger partial charge >= 0.3 is 0 Å². The molecule has 3 heterocycles. The van der Waals surface area contributed by atoms with Crippen LogP contribution in [0.4, 0.5) is 5.95 Å². The monoisotopic (exact) mass is 325 g/mol. The second-order valence-corrected chi connectivity index (χ2v) is 5.75. The van der Waals surface area contributed by atoms with Crippen LogP contribution in [0.5, 0.6) is 0 Å². The summed E-state index contributed by atoms with van der Waals surface area (Å²) in [5, 5.41) is 11.7. The zero-order valence-electron chi connectivity index (χ0n) is 13.3. The van der Waals surface area contributed by atoms with Crippen molar-refractivity contribution in [2.45, 2.75) is 25.4 Å². The first-order valence-corrected chi connectivity index (χ1v) is 8.13. The van der Waals surface area contributed by atoms with Crippen molar-refractivity contribution >= 4 is 5.95 Å². The van der Waals surface area contributed by atoms with Gasteiger partial charge in [-0.1, -0.05) is 18.2 Å². The van der Waals surface area contributed by atoms with E-state index in [9.17, 15) is 0 Å². The van der Waals surface area contributed by atoms with Crippen molar-refractivity contribution in [3.63, 3.8) is 0 Å². The molecule has 24 heavy (non-hydrogen) atoms. The molecule has 1 saturated heterocycles. The molecule has 0 radical (unpaired) electrons. The van der Waals surface area contributed by atoms with Gasteiger partial charge in [0.25, 0.3) is 11.8 Å². The van der Waals surface area contributed by atoms with Crippen LogP contribution in [0.25, 0.3) is 11.5 Å². The van der Waals surface area contributed by atoms with Gasteiger partial charge in [-0.3, -0.25) is 4.68 Å². The Morgan fingerprint density at radius 3 is 2.79 bits per heavy atom. The molecule has 0 amide bonds. The van der Waals surface area contributed by atoms with Crippen molar-refractivity contribution in [2.75, 3.05) is 18.5 Å². The van der Waals surface area contributed by atoms with Crippen LogP contribution in [-0.4, -0.2) is 33.1 Å². The Bertz CT molecular complexity index is 777. The van der Waals surface area contributed by atoms with Crippen LogP contribution in [0.15, 0.2) is 47.1 Å². The number of hydrogen-bond donors (Lipinski definition) is 1. The number of rotatable bonds is 5. The molecule has 2 aromatic heterocycles. The minimum Gasteiger partial charge on any atom is -0.381 e. The fourth-order valence-electron chi connectivity index (χ4n) is 2.90. The fourth-order valence-corrected chi connectivity index (χ4v) is 2.90. The molecule has 0 spiro atoms. The van der Waals surface area contributed by atoms with Crippen molar-refractivity contribution in [3.8, 4) is 11.5 Å². The minimum absolute atomic E-state index is 0.399. The lowest BCUT2D eigenvalue weighted by Gasteiger charge is -2.24. The first kappa shape index (κ1) is 14.9. The van der Waals surface area contributed by atoms with Crippen molar-refractivity contribution in [1.29, 1.82) is 0 Å². The van der Waals surface area contributed by atoms with E-state index in [1.807, 2.05) is 42.6 Å².